The van der Waals surface area contributed by atoms with Crippen LogP contribution in [0.3, 0.4) is 0 Å². The number of methoxy groups -OCH3 is 1. The molecule has 0 aliphatic heterocycles. The van der Waals surface area contributed by atoms with E-state index >= 15 is 0 Å². The zero-order chi connectivity index (χ0) is 25.0. The number of ether oxygens (including phenoxy) is 2. The molecule has 0 saturated heterocycles. The lowest BCUT2D eigenvalue weighted by Crippen LogP contribution is -2.22. The fourth-order valence-electron chi connectivity index (χ4n) is 4.34. The molecular weight excluding hydrogens is 484 g/mol. The molecule has 2 aromatic rings. The number of aliphatic hydroxyl groups is 1. The van der Waals surface area contributed by atoms with E-state index in [0.717, 1.165) is 35.3 Å². The number of rotatable bonds is 14. The predicted molar refractivity (Wildman–Crippen MR) is 141 cm³/mol. The third-order valence-electron chi connectivity index (χ3n) is 6.10. The molecule has 0 bridgehead atoms. The molecule has 2 aromatic carbocycles. The molecule has 8 heteroatoms. The van der Waals surface area contributed by atoms with E-state index in [1.807, 2.05) is 42.5 Å². The quantitative estimate of drug-likeness (QED) is 0.320. The van der Waals surface area contributed by atoms with Gasteiger partial charge in [-0.05, 0) is 29.9 Å². The maximum Gasteiger partial charge on any atom is 0.315 e. The van der Waals surface area contributed by atoms with E-state index in [0.29, 0.717) is 24.0 Å². The Morgan fingerprint density at radius 1 is 1.09 bits per heavy atom. The zero-order valence-electron chi connectivity index (χ0n) is 20.1. The Morgan fingerprint density at radius 2 is 1.83 bits per heavy atom. The van der Waals surface area contributed by atoms with E-state index in [-0.39, 0.29) is 23.4 Å². The van der Waals surface area contributed by atoms with Crippen molar-refractivity contribution in [3.63, 3.8) is 0 Å². The first-order valence-electron chi connectivity index (χ1n) is 11.9. The minimum absolute atomic E-state index is 0.00567. The second-order valence-electron chi connectivity index (χ2n) is 8.61. The molecule has 1 fully saturated rings. The van der Waals surface area contributed by atoms with Gasteiger partial charge in [0.05, 0.1) is 30.6 Å². The monoisotopic (exact) mass is 518 g/mol. The van der Waals surface area contributed by atoms with Crippen LogP contribution in [0.25, 0.3) is 0 Å². The van der Waals surface area contributed by atoms with Gasteiger partial charge in [0, 0.05) is 17.1 Å². The molecule has 1 saturated carbocycles. The van der Waals surface area contributed by atoms with Crippen LogP contribution in [-0.4, -0.2) is 52.6 Å². The van der Waals surface area contributed by atoms with Crippen molar-refractivity contribution in [2.45, 2.75) is 56.0 Å². The topological polar surface area (TPSA) is 93.1 Å². The smallest absolute Gasteiger partial charge is 0.315 e. The molecule has 2 atom stereocenters. The number of aliphatic hydroxyl groups excluding tert-OH is 1. The van der Waals surface area contributed by atoms with E-state index < -0.39 is 12.1 Å². The number of carbonyl (C=O) groups is 2. The number of esters is 1. The summed E-state index contributed by atoms with van der Waals surface area (Å²) in [5, 5.41) is 20.0. The highest BCUT2D eigenvalue weighted by Crippen LogP contribution is 2.46. The minimum atomic E-state index is -0.869. The van der Waals surface area contributed by atoms with Gasteiger partial charge in [-0.3, -0.25) is 9.59 Å². The summed E-state index contributed by atoms with van der Waals surface area (Å²) in [7, 11) is 1.34. The van der Waals surface area contributed by atoms with Gasteiger partial charge in [-0.2, -0.15) is 11.8 Å². The second kappa shape index (κ2) is 14.4. The number of carboxylic acids is 1. The average molecular weight is 519 g/mol. The number of thioether (sulfide) groups is 2. The molecule has 0 radical (unpaired) electrons. The first kappa shape index (κ1) is 27.4. The molecule has 3 rings (SSSR count). The number of aliphatic carboxylic acids is 1. The summed E-state index contributed by atoms with van der Waals surface area (Å²) >= 11 is 2.73. The van der Waals surface area contributed by atoms with Crippen molar-refractivity contribution >= 4 is 35.5 Å². The summed E-state index contributed by atoms with van der Waals surface area (Å²) in [6, 6.07) is 16.1. The summed E-state index contributed by atoms with van der Waals surface area (Å²) in [5.74, 6) is 0.846. The lowest BCUT2D eigenvalue weighted by molar-refractivity contribution is -0.138. The van der Waals surface area contributed by atoms with Crippen LogP contribution < -0.4 is 4.74 Å². The Hall–Kier alpha value is -2.16. The lowest BCUT2D eigenvalue weighted by Gasteiger charge is -2.27. The minimum Gasteiger partial charge on any atom is -0.488 e. The lowest BCUT2D eigenvalue weighted by atomic mass is 9.93. The fourth-order valence-corrected chi connectivity index (χ4v) is 6.53. The van der Waals surface area contributed by atoms with Crippen molar-refractivity contribution in [3.8, 4) is 5.75 Å². The SMILES string of the molecule is COC(=O)CSCC(O)C(SCCC(=O)O)c1cccc(C2CCCC2)c1OCc1ccccc1. The maximum absolute atomic E-state index is 11.5. The van der Waals surface area contributed by atoms with Gasteiger partial charge in [0.15, 0.2) is 0 Å². The van der Waals surface area contributed by atoms with Crippen LogP contribution in [0.15, 0.2) is 48.5 Å². The van der Waals surface area contributed by atoms with Gasteiger partial charge >= 0.3 is 11.9 Å². The fraction of sp³-hybridized carbons (Fsp3) is 0.481. The summed E-state index contributed by atoms with van der Waals surface area (Å²) in [5.41, 5.74) is 3.10. The van der Waals surface area contributed by atoms with E-state index in [1.165, 1.54) is 43.5 Å². The number of hydrogen-bond donors (Lipinski definition) is 2. The normalized spacial score (nSPS) is 15.5. The Bertz CT molecular complexity index is 946. The average Bonchev–Trinajstić information content (AvgIpc) is 3.40. The van der Waals surface area contributed by atoms with Crippen molar-refractivity contribution in [1.82, 2.24) is 0 Å². The molecule has 0 heterocycles. The molecule has 0 aromatic heterocycles. The number of para-hydroxylation sites is 1. The van der Waals surface area contributed by atoms with Crippen molar-refractivity contribution in [2.24, 2.45) is 0 Å². The van der Waals surface area contributed by atoms with Crippen LogP contribution in [0.4, 0.5) is 0 Å². The summed E-state index contributed by atoms with van der Waals surface area (Å²) in [4.78, 5) is 22.7. The van der Waals surface area contributed by atoms with E-state index in [2.05, 4.69) is 6.07 Å². The van der Waals surface area contributed by atoms with Crippen molar-refractivity contribution in [3.05, 3.63) is 65.2 Å². The van der Waals surface area contributed by atoms with Crippen LogP contribution >= 0.6 is 23.5 Å². The first-order valence-corrected chi connectivity index (χ1v) is 14.2. The van der Waals surface area contributed by atoms with Crippen LogP contribution in [0.2, 0.25) is 0 Å². The number of hydrogen-bond acceptors (Lipinski definition) is 7. The van der Waals surface area contributed by atoms with E-state index in [1.54, 1.807) is 0 Å². The van der Waals surface area contributed by atoms with Gasteiger partial charge in [0.2, 0.25) is 0 Å². The summed E-state index contributed by atoms with van der Waals surface area (Å²) < 4.78 is 11.2. The maximum atomic E-state index is 11.5. The molecule has 0 spiro atoms. The van der Waals surface area contributed by atoms with Crippen molar-refractivity contribution < 1.29 is 29.3 Å². The number of carbonyl (C=O) groups excluding carboxylic acids is 1. The number of carboxylic acid groups (broad SMARTS) is 1. The largest absolute Gasteiger partial charge is 0.488 e. The zero-order valence-corrected chi connectivity index (χ0v) is 21.7. The standard InChI is InChI=1S/C27H34O6S2/c1-32-25(31)18-34-17-23(28)27(35-15-14-24(29)30)22-13-7-12-21(20-10-5-6-11-20)26(22)33-16-19-8-3-2-4-9-19/h2-4,7-9,12-13,20,23,27-28H,5-6,10-11,14-18H2,1H3,(H,29,30). The van der Waals surface area contributed by atoms with Crippen LogP contribution in [0.5, 0.6) is 5.75 Å². The van der Waals surface area contributed by atoms with Gasteiger partial charge in [-0.1, -0.05) is 61.4 Å². The third-order valence-corrected chi connectivity index (χ3v) is 8.49. The molecule has 0 amide bonds. The van der Waals surface area contributed by atoms with Crippen LogP contribution in [-0.2, 0) is 20.9 Å². The molecule has 1 aliphatic carbocycles. The second-order valence-corrected chi connectivity index (χ2v) is 10.9. The Morgan fingerprint density at radius 3 is 2.51 bits per heavy atom. The van der Waals surface area contributed by atoms with Crippen LogP contribution in [0, 0.1) is 0 Å². The highest BCUT2D eigenvalue weighted by molar-refractivity contribution is 8.00. The van der Waals surface area contributed by atoms with Gasteiger partial charge in [-0.15, -0.1) is 11.8 Å². The van der Waals surface area contributed by atoms with Crippen molar-refractivity contribution in [1.29, 1.82) is 0 Å². The van der Waals surface area contributed by atoms with Gasteiger partial charge < -0.3 is 19.7 Å². The first-order chi connectivity index (χ1) is 17.0. The molecular formula is C27H34O6S2. The molecule has 35 heavy (non-hydrogen) atoms. The van der Waals surface area contributed by atoms with Crippen molar-refractivity contribution in [2.75, 3.05) is 24.4 Å². The molecule has 6 nitrogen and oxygen atoms in total. The van der Waals surface area contributed by atoms with Gasteiger partial charge in [-0.25, -0.2) is 0 Å². The van der Waals surface area contributed by atoms with E-state index in [4.69, 9.17) is 14.6 Å². The van der Waals surface area contributed by atoms with Gasteiger partial charge in [0.25, 0.3) is 0 Å². The van der Waals surface area contributed by atoms with Gasteiger partial charge in [0.1, 0.15) is 12.4 Å². The van der Waals surface area contributed by atoms with E-state index in [9.17, 15) is 14.7 Å². The Balaban J connectivity index is 1.89. The third kappa shape index (κ3) is 8.47. The summed E-state index contributed by atoms with van der Waals surface area (Å²) in [6.07, 6.45) is 3.82. The summed E-state index contributed by atoms with van der Waals surface area (Å²) in [6.45, 7) is 0.414. The molecule has 2 N–H and O–H groups in total. The molecule has 2 unspecified atom stereocenters. The Kier molecular flexibility index (Phi) is 11.3. The van der Waals surface area contributed by atoms with Crippen LogP contribution in [0.1, 0.15) is 60.0 Å². The predicted octanol–water partition coefficient (Wildman–Crippen LogP) is 5.44. The number of benzene rings is 2. The molecule has 190 valence electrons. The molecule has 1 aliphatic rings. The Labute approximate surface area is 215 Å². The highest BCUT2D eigenvalue weighted by atomic mass is 32.2. The highest BCUT2D eigenvalue weighted by Gasteiger charge is 2.29.